The average molecular weight is 335 g/mol. The fourth-order valence-electron chi connectivity index (χ4n) is 3.48. The second kappa shape index (κ2) is 7.37. The lowest BCUT2D eigenvalue weighted by Crippen LogP contribution is -2.26. The first-order chi connectivity index (χ1) is 12.2. The summed E-state index contributed by atoms with van der Waals surface area (Å²) in [5.74, 6) is -0.390. The van der Waals surface area contributed by atoms with Crippen LogP contribution in [-0.4, -0.2) is 26.2 Å². The summed E-state index contributed by atoms with van der Waals surface area (Å²) in [7, 11) is 1.49. The number of carbonyl (C=O) groups excluding carboxylic acids is 1. The summed E-state index contributed by atoms with van der Waals surface area (Å²) in [6.45, 7) is 2.95. The van der Waals surface area contributed by atoms with Crippen LogP contribution in [0.3, 0.4) is 0 Å². The van der Waals surface area contributed by atoms with Crippen LogP contribution in [0.4, 0.5) is 11.4 Å². The van der Waals surface area contributed by atoms with E-state index >= 15 is 0 Å². The molecule has 2 unspecified atom stereocenters. The van der Waals surface area contributed by atoms with Gasteiger partial charge in [-0.1, -0.05) is 30.3 Å². The molecule has 0 fully saturated rings. The Morgan fingerprint density at radius 1 is 1.24 bits per heavy atom. The standard InChI is InChI=1S/C20H21N3O2/c1-3-23-18-7-5-4-6-16(18)17(12-21)20(23)14-8-10-15(11-9-14)22-19(24)13-25-2/h4-11,17,20H,3,13H2,1-2H3,(H,22,24). The fraction of sp³-hybridized carbons (Fsp3) is 0.300. The van der Waals surface area contributed by atoms with Crippen LogP contribution in [0, 0.1) is 11.3 Å². The average Bonchev–Trinajstić information content (AvgIpc) is 2.96. The van der Waals surface area contributed by atoms with Crippen LogP contribution in [0.2, 0.25) is 0 Å². The Kier molecular flexibility index (Phi) is 5.01. The van der Waals surface area contributed by atoms with Gasteiger partial charge in [-0.15, -0.1) is 0 Å². The first kappa shape index (κ1) is 17.0. The van der Waals surface area contributed by atoms with Crippen molar-refractivity contribution < 1.29 is 9.53 Å². The van der Waals surface area contributed by atoms with Crippen molar-refractivity contribution >= 4 is 17.3 Å². The highest BCUT2D eigenvalue weighted by Gasteiger charge is 2.38. The minimum Gasteiger partial charge on any atom is -0.375 e. The van der Waals surface area contributed by atoms with E-state index in [9.17, 15) is 10.1 Å². The lowest BCUT2D eigenvalue weighted by Gasteiger charge is -2.28. The van der Waals surface area contributed by atoms with E-state index in [-0.39, 0.29) is 24.5 Å². The Morgan fingerprint density at radius 3 is 2.60 bits per heavy atom. The van der Waals surface area contributed by atoms with Gasteiger partial charge in [-0.2, -0.15) is 5.26 Å². The summed E-state index contributed by atoms with van der Waals surface area (Å²) in [6.07, 6.45) is 0. The van der Waals surface area contributed by atoms with Crippen molar-refractivity contribution in [2.75, 3.05) is 30.5 Å². The summed E-state index contributed by atoms with van der Waals surface area (Å²) < 4.78 is 4.82. The highest BCUT2D eigenvalue weighted by atomic mass is 16.5. The molecule has 0 radical (unpaired) electrons. The number of para-hydroxylation sites is 1. The molecule has 25 heavy (non-hydrogen) atoms. The van der Waals surface area contributed by atoms with Crippen LogP contribution in [0.5, 0.6) is 0 Å². The van der Waals surface area contributed by atoms with Gasteiger partial charge in [0.15, 0.2) is 0 Å². The maximum atomic E-state index is 11.6. The van der Waals surface area contributed by atoms with E-state index in [1.165, 1.54) is 7.11 Å². The number of hydrogen-bond donors (Lipinski definition) is 1. The lowest BCUT2D eigenvalue weighted by atomic mass is 9.91. The molecular formula is C20H21N3O2. The number of methoxy groups -OCH3 is 1. The number of carbonyl (C=O) groups is 1. The number of ether oxygens (including phenoxy) is 1. The van der Waals surface area contributed by atoms with Crippen LogP contribution in [-0.2, 0) is 9.53 Å². The van der Waals surface area contributed by atoms with Crippen molar-refractivity contribution in [3.63, 3.8) is 0 Å². The number of fused-ring (bicyclic) bond motifs is 1. The molecular weight excluding hydrogens is 314 g/mol. The first-order valence-corrected chi connectivity index (χ1v) is 8.33. The second-order valence-corrected chi connectivity index (χ2v) is 6.00. The van der Waals surface area contributed by atoms with Gasteiger partial charge >= 0.3 is 0 Å². The Morgan fingerprint density at radius 2 is 1.96 bits per heavy atom. The Labute approximate surface area is 147 Å². The highest BCUT2D eigenvalue weighted by Crippen LogP contribution is 2.48. The number of likely N-dealkylation sites (N-methyl/N-ethyl adjacent to an activating group) is 1. The zero-order chi connectivity index (χ0) is 17.8. The molecule has 5 nitrogen and oxygen atoms in total. The molecule has 0 bridgehead atoms. The van der Waals surface area contributed by atoms with Crippen LogP contribution < -0.4 is 10.2 Å². The Balaban J connectivity index is 1.88. The zero-order valence-corrected chi connectivity index (χ0v) is 14.4. The molecule has 3 rings (SSSR count). The van der Waals surface area contributed by atoms with Crippen LogP contribution in [0.15, 0.2) is 48.5 Å². The predicted molar refractivity (Wildman–Crippen MR) is 97.5 cm³/mol. The summed E-state index contributed by atoms with van der Waals surface area (Å²) in [6, 6.07) is 18.2. The van der Waals surface area contributed by atoms with Crippen molar-refractivity contribution in [2.24, 2.45) is 0 Å². The summed E-state index contributed by atoms with van der Waals surface area (Å²) in [5.41, 5.74) is 3.99. The monoisotopic (exact) mass is 335 g/mol. The third-order valence-electron chi connectivity index (χ3n) is 4.52. The predicted octanol–water partition coefficient (Wildman–Crippen LogP) is 3.46. The molecule has 0 aliphatic carbocycles. The van der Waals surface area contributed by atoms with Gasteiger partial charge in [-0.25, -0.2) is 0 Å². The smallest absolute Gasteiger partial charge is 0.250 e. The van der Waals surface area contributed by atoms with E-state index in [1.807, 2.05) is 42.5 Å². The van der Waals surface area contributed by atoms with E-state index in [0.29, 0.717) is 0 Å². The van der Waals surface area contributed by atoms with E-state index < -0.39 is 0 Å². The van der Waals surface area contributed by atoms with Crippen LogP contribution in [0.1, 0.15) is 30.0 Å². The molecule has 1 aliphatic heterocycles. The van der Waals surface area contributed by atoms with Gasteiger partial charge in [-0.05, 0) is 36.2 Å². The molecule has 0 aromatic heterocycles. The number of amides is 1. The van der Waals surface area contributed by atoms with Crippen molar-refractivity contribution in [3.8, 4) is 6.07 Å². The van der Waals surface area contributed by atoms with Crippen molar-refractivity contribution in [1.29, 1.82) is 5.26 Å². The molecule has 128 valence electrons. The normalized spacial score (nSPS) is 18.5. The van der Waals surface area contributed by atoms with E-state index in [4.69, 9.17) is 4.74 Å². The molecule has 0 spiro atoms. The quantitative estimate of drug-likeness (QED) is 0.909. The summed E-state index contributed by atoms with van der Waals surface area (Å²) in [5, 5.41) is 12.5. The second-order valence-electron chi connectivity index (χ2n) is 6.00. The number of benzene rings is 2. The molecule has 2 aromatic carbocycles. The van der Waals surface area contributed by atoms with Gasteiger partial charge in [0.1, 0.15) is 6.61 Å². The Bertz CT molecular complexity index is 795. The number of hydrogen-bond acceptors (Lipinski definition) is 4. The third-order valence-corrected chi connectivity index (χ3v) is 4.52. The van der Waals surface area contributed by atoms with E-state index in [1.54, 1.807) is 0 Å². The van der Waals surface area contributed by atoms with Gasteiger partial charge in [-0.3, -0.25) is 4.79 Å². The molecule has 5 heteroatoms. The van der Waals surface area contributed by atoms with Gasteiger partial charge in [0.25, 0.3) is 0 Å². The van der Waals surface area contributed by atoms with Crippen molar-refractivity contribution in [3.05, 3.63) is 59.7 Å². The molecule has 2 atom stereocenters. The first-order valence-electron chi connectivity index (χ1n) is 8.33. The number of anilines is 2. The van der Waals surface area contributed by atoms with Crippen molar-refractivity contribution in [1.82, 2.24) is 0 Å². The molecule has 1 aliphatic rings. The SMILES string of the molecule is CCN1c2ccccc2C(C#N)C1c1ccc(NC(=O)COC)cc1. The molecule has 0 saturated carbocycles. The fourth-order valence-corrected chi connectivity index (χ4v) is 3.48. The van der Waals surface area contributed by atoms with Crippen molar-refractivity contribution in [2.45, 2.75) is 18.9 Å². The topological polar surface area (TPSA) is 65.4 Å². The number of nitrogens with zero attached hydrogens (tertiary/aromatic N) is 2. The number of rotatable bonds is 5. The Hall–Kier alpha value is -2.84. The molecule has 1 heterocycles. The van der Waals surface area contributed by atoms with E-state index in [2.05, 4.69) is 29.3 Å². The molecule has 1 amide bonds. The molecule has 1 N–H and O–H groups in total. The lowest BCUT2D eigenvalue weighted by molar-refractivity contribution is -0.119. The third kappa shape index (κ3) is 3.21. The molecule has 0 saturated heterocycles. The van der Waals surface area contributed by atoms with Gasteiger partial charge in [0, 0.05) is 25.0 Å². The summed E-state index contributed by atoms with van der Waals surface area (Å²) in [4.78, 5) is 13.9. The highest BCUT2D eigenvalue weighted by molar-refractivity contribution is 5.91. The minimum atomic E-state index is -0.204. The largest absolute Gasteiger partial charge is 0.375 e. The van der Waals surface area contributed by atoms with Gasteiger partial charge in [0.2, 0.25) is 5.91 Å². The van der Waals surface area contributed by atoms with Crippen LogP contribution in [0.25, 0.3) is 0 Å². The number of nitrogens with one attached hydrogen (secondary N) is 1. The van der Waals surface area contributed by atoms with E-state index in [0.717, 1.165) is 29.0 Å². The zero-order valence-electron chi connectivity index (χ0n) is 14.4. The maximum absolute atomic E-state index is 11.6. The van der Waals surface area contributed by atoms with Crippen LogP contribution >= 0.6 is 0 Å². The minimum absolute atomic E-state index is 0.0175. The molecule has 2 aromatic rings. The van der Waals surface area contributed by atoms with Gasteiger partial charge in [0.05, 0.1) is 18.0 Å². The maximum Gasteiger partial charge on any atom is 0.250 e. The summed E-state index contributed by atoms with van der Waals surface area (Å²) >= 11 is 0. The number of nitriles is 1. The van der Waals surface area contributed by atoms with Gasteiger partial charge < -0.3 is 15.0 Å².